The lowest BCUT2D eigenvalue weighted by atomic mass is 9.70. The zero-order chi connectivity index (χ0) is 21.9. The maximum Gasteiger partial charge on any atom is 0.281 e. The minimum absolute atomic E-state index is 0.146. The van der Waals surface area contributed by atoms with Gasteiger partial charge in [0.15, 0.2) is 0 Å². The van der Waals surface area contributed by atoms with Crippen LogP contribution in [0.15, 0.2) is 45.7 Å². The molecule has 1 aliphatic carbocycles. The van der Waals surface area contributed by atoms with E-state index in [1.807, 2.05) is 18.2 Å². The molecular weight excluding hydrogens is 466 g/mol. The topological polar surface area (TPSA) is 55.2 Å². The third kappa shape index (κ3) is 2.84. The SMILES string of the molecule is O=CC1CCN(c2ccc3c(c2)-n2c(nc(=O)c4c(Br)cccc42)C32CCCCC2)CC1. The van der Waals surface area contributed by atoms with Gasteiger partial charge in [0.2, 0.25) is 0 Å². The Morgan fingerprint density at radius 3 is 2.59 bits per heavy atom. The Labute approximate surface area is 195 Å². The Kier molecular flexibility index (Phi) is 4.75. The first-order valence-electron chi connectivity index (χ1n) is 11.7. The second-order valence-corrected chi connectivity index (χ2v) is 10.4. The number of nitrogens with zero attached hydrogens (tertiary/aromatic N) is 3. The van der Waals surface area contributed by atoms with E-state index in [4.69, 9.17) is 4.98 Å². The zero-order valence-electron chi connectivity index (χ0n) is 18.0. The summed E-state index contributed by atoms with van der Waals surface area (Å²) in [7, 11) is 0. The van der Waals surface area contributed by atoms with Crippen LogP contribution in [0.3, 0.4) is 0 Å². The molecule has 0 unspecified atom stereocenters. The van der Waals surface area contributed by atoms with E-state index in [-0.39, 0.29) is 16.9 Å². The Morgan fingerprint density at radius 1 is 1.06 bits per heavy atom. The molecule has 0 bridgehead atoms. The summed E-state index contributed by atoms with van der Waals surface area (Å²) in [5, 5.41) is 0.646. The third-order valence-corrected chi connectivity index (χ3v) is 8.50. The minimum Gasteiger partial charge on any atom is -0.371 e. The molecule has 2 aliphatic heterocycles. The van der Waals surface area contributed by atoms with Gasteiger partial charge in [-0.2, -0.15) is 4.98 Å². The highest BCUT2D eigenvalue weighted by Gasteiger charge is 2.46. The van der Waals surface area contributed by atoms with E-state index in [0.29, 0.717) is 5.39 Å². The quantitative estimate of drug-likeness (QED) is 0.466. The molecule has 3 aliphatic rings. The van der Waals surface area contributed by atoms with Crippen LogP contribution in [0.25, 0.3) is 16.6 Å². The Hall–Kier alpha value is -2.47. The molecule has 2 aromatic carbocycles. The van der Waals surface area contributed by atoms with Crippen molar-refractivity contribution in [1.29, 1.82) is 0 Å². The van der Waals surface area contributed by atoms with Crippen molar-refractivity contribution in [2.75, 3.05) is 18.0 Å². The van der Waals surface area contributed by atoms with Crippen LogP contribution in [0.2, 0.25) is 0 Å². The summed E-state index contributed by atoms with van der Waals surface area (Å²) in [6.07, 6.45) is 8.56. The molecule has 2 fully saturated rings. The molecular formula is C26H26BrN3O2. The van der Waals surface area contributed by atoms with Crippen molar-refractivity contribution in [1.82, 2.24) is 9.55 Å². The number of carbonyl (C=O) groups is 1. The number of halogens is 1. The van der Waals surface area contributed by atoms with E-state index >= 15 is 0 Å². The van der Waals surface area contributed by atoms with Crippen LogP contribution in [0.4, 0.5) is 5.69 Å². The van der Waals surface area contributed by atoms with Crippen molar-refractivity contribution >= 4 is 38.8 Å². The second-order valence-electron chi connectivity index (χ2n) is 9.51. The van der Waals surface area contributed by atoms with E-state index in [1.54, 1.807) is 0 Å². The van der Waals surface area contributed by atoms with Gasteiger partial charge in [-0.3, -0.25) is 9.36 Å². The van der Waals surface area contributed by atoms with Crippen LogP contribution < -0.4 is 10.5 Å². The first-order chi connectivity index (χ1) is 15.6. The number of hydrogen-bond acceptors (Lipinski definition) is 4. The van der Waals surface area contributed by atoms with Crippen molar-refractivity contribution < 1.29 is 4.79 Å². The highest BCUT2D eigenvalue weighted by molar-refractivity contribution is 9.10. The number of hydrogen-bond donors (Lipinski definition) is 0. The first-order valence-corrected chi connectivity index (χ1v) is 12.5. The molecule has 6 heteroatoms. The first kappa shape index (κ1) is 20.2. The molecule has 0 N–H and O–H groups in total. The third-order valence-electron chi connectivity index (χ3n) is 7.84. The van der Waals surface area contributed by atoms with Crippen molar-refractivity contribution in [2.45, 2.75) is 50.4 Å². The maximum atomic E-state index is 13.1. The van der Waals surface area contributed by atoms with Gasteiger partial charge in [0.1, 0.15) is 12.1 Å². The van der Waals surface area contributed by atoms with Gasteiger partial charge in [0, 0.05) is 29.2 Å². The van der Waals surface area contributed by atoms with E-state index < -0.39 is 0 Å². The summed E-state index contributed by atoms with van der Waals surface area (Å²) < 4.78 is 3.05. The van der Waals surface area contributed by atoms with Crippen LogP contribution in [-0.4, -0.2) is 28.9 Å². The number of aldehydes is 1. The van der Waals surface area contributed by atoms with Gasteiger partial charge in [0.25, 0.3) is 5.56 Å². The molecule has 164 valence electrons. The monoisotopic (exact) mass is 491 g/mol. The fourth-order valence-electron chi connectivity index (χ4n) is 6.16. The Bertz CT molecular complexity index is 1280. The number of piperidine rings is 1. The van der Waals surface area contributed by atoms with Gasteiger partial charge < -0.3 is 9.69 Å². The van der Waals surface area contributed by atoms with Crippen LogP contribution in [0.1, 0.15) is 56.3 Å². The number of carbonyl (C=O) groups excluding carboxylic acids is 1. The normalized spacial score (nSPS) is 19.8. The van der Waals surface area contributed by atoms with Crippen molar-refractivity contribution in [3.63, 3.8) is 0 Å². The zero-order valence-corrected chi connectivity index (χ0v) is 19.6. The minimum atomic E-state index is -0.174. The lowest BCUT2D eigenvalue weighted by Crippen LogP contribution is -2.34. The molecule has 3 heterocycles. The number of anilines is 1. The molecule has 0 radical (unpaired) electrons. The smallest absolute Gasteiger partial charge is 0.281 e. The fraction of sp³-hybridized carbons (Fsp3) is 0.423. The lowest BCUT2D eigenvalue weighted by Gasteiger charge is -2.34. The second kappa shape index (κ2) is 7.55. The van der Waals surface area contributed by atoms with Gasteiger partial charge in [-0.25, -0.2) is 0 Å². The molecule has 0 amide bonds. The molecule has 5 nitrogen and oxygen atoms in total. The molecule has 32 heavy (non-hydrogen) atoms. The van der Waals surface area contributed by atoms with Crippen molar-refractivity contribution in [2.24, 2.45) is 5.92 Å². The van der Waals surface area contributed by atoms with Gasteiger partial charge in [0.05, 0.1) is 22.0 Å². The lowest BCUT2D eigenvalue weighted by molar-refractivity contribution is -0.111. The average molecular weight is 492 g/mol. The molecule has 6 rings (SSSR count). The Morgan fingerprint density at radius 2 is 1.84 bits per heavy atom. The van der Waals surface area contributed by atoms with Crippen molar-refractivity contribution in [3.05, 3.63) is 62.6 Å². The fourth-order valence-corrected chi connectivity index (χ4v) is 6.69. The van der Waals surface area contributed by atoms with Crippen LogP contribution in [-0.2, 0) is 10.2 Å². The van der Waals surface area contributed by atoms with E-state index in [0.717, 1.165) is 79.4 Å². The van der Waals surface area contributed by atoms with Crippen LogP contribution in [0.5, 0.6) is 0 Å². The highest BCUT2D eigenvalue weighted by Crippen LogP contribution is 2.52. The summed E-state index contributed by atoms with van der Waals surface area (Å²) in [6, 6.07) is 12.8. The number of aromatic nitrogens is 2. The maximum absolute atomic E-state index is 13.1. The van der Waals surface area contributed by atoms with E-state index in [1.165, 1.54) is 17.7 Å². The number of rotatable bonds is 2. The molecule has 3 aromatic rings. The van der Waals surface area contributed by atoms with Crippen LogP contribution >= 0.6 is 15.9 Å². The summed E-state index contributed by atoms with van der Waals surface area (Å²) in [5.74, 6) is 1.10. The van der Waals surface area contributed by atoms with Gasteiger partial charge >= 0.3 is 0 Å². The van der Waals surface area contributed by atoms with E-state index in [9.17, 15) is 9.59 Å². The number of benzene rings is 2. The largest absolute Gasteiger partial charge is 0.371 e. The standard InChI is InChI=1S/C26H26BrN3O2/c27-20-5-4-6-21-23(20)24(32)28-25-26(11-2-1-3-12-26)19-8-7-18(15-22(19)30(21)25)29-13-9-17(16-31)10-14-29/h4-8,15-17H,1-3,9-14H2. The predicted molar refractivity (Wildman–Crippen MR) is 130 cm³/mol. The Balaban J connectivity index is 1.57. The summed E-state index contributed by atoms with van der Waals surface area (Å²) in [6.45, 7) is 1.80. The molecule has 1 saturated heterocycles. The molecule has 1 aromatic heterocycles. The molecule has 0 atom stereocenters. The van der Waals surface area contributed by atoms with Gasteiger partial charge in [-0.05, 0) is 71.4 Å². The summed E-state index contributed by atoms with van der Waals surface area (Å²) in [5.41, 5.74) is 4.26. The number of fused-ring (bicyclic) bond motifs is 7. The molecule has 1 spiro atoms. The summed E-state index contributed by atoms with van der Waals surface area (Å²) in [4.78, 5) is 31.4. The predicted octanol–water partition coefficient (Wildman–Crippen LogP) is 5.13. The molecule has 1 saturated carbocycles. The van der Waals surface area contributed by atoms with Gasteiger partial charge in [-0.1, -0.05) is 31.4 Å². The van der Waals surface area contributed by atoms with Crippen LogP contribution in [0, 0.1) is 5.92 Å². The van der Waals surface area contributed by atoms with Crippen molar-refractivity contribution in [3.8, 4) is 5.69 Å². The summed E-state index contributed by atoms with van der Waals surface area (Å²) >= 11 is 3.58. The van der Waals surface area contributed by atoms with E-state index in [2.05, 4.69) is 43.6 Å². The van der Waals surface area contributed by atoms with Gasteiger partial charge in [-0.15, -0.1) is 0 Å². The highest BCUT2D eigenvalue weighted by atomic mass is 79.9. The average Bonchev–Trinajstić information content (AvgIpc) is 3.08.